The molecule has 5 heteroatoms. The summed E-state index contributed by atoms with van der Waals surface area (Å²) in [6.45, 7) is 8.11. The fourth-order valence-electron chi connectivity index (χ4n) is 1.75. The van der Waals surface area contributed by atoms with E-state index in [-0.39, 0.29) is 17.7 Å². The lowest BCUT2D eigenvalue weighted by Gasteiger charge is -2.33. The maximum Gasteiger partial charge on any atom is 0.251 e. The molecule has 0 radical (unpaired) electrons. The number of nitrogens with one attached hydrogen (secondary N) is 2. The van der Waals surface area contributed by atoms with Gasteiger partial charge in [-0.3, -0.25) is 9.59 Å². The predicted octanol–water partition coefficient (Wildman–Crippen LogP) is 2.14. The Balaban J connectivity index is 2.88. The van der Waals surface area contributed by atoms with Gasteiger partial charge in [0.2, 0.25) is 5.91 Å². The molecule has 1 rings (SSSR count). The average Bonchev–Trinajstić information content (AvgIpc) is 2.46. The van der Waals surface area contributed by atoms with Crippen LogP contribution in [0.4, 0.5) is 5.69 Å². The van der Waals surface area contributed by atoms with E-state index >= 15 is 0 Å². The highest BCUT2D eigenvalue weighted by atomic mass is 16.2. The van der Waals surface area contributed by atoms with E-state index in [1.165, 1.54) is 0 Å². The van der Waals surface area contributed by atoms with Gasteiger partial charge in [-0.05, 0) is 31.0 Å². The molecule has 0 fully saturated rings. The van der Waals surface area contributed by atoms with Crippen LogP contribution in [-0.2, 0) is 4.79 Å². The van der Waals surface area contributed by atoms with Gasteiger partial charge in [-0.2, -0.15) is 0 Å². The first-order chi connectivity index (χ1) is 9.82. The van der Waals surface area contributed by atoms with Crippen molar-refractivity contribution in [2.24, 2.45) is 11.7 Å². The van der Waals surface area contributed by atoms with Gasteiger partial charge in [-0.15, -0.1) is 0 Å². The zero-order chi connectivity index (χ0) is 16.0. The summed E-state index contributed by atoms with van der Waals surface area (Å²) in [6.07, 6.45) is 0.398. The van der Waals surface area contributed by atoms with Crippen molar-refractivity contribution in [3.8, 4) is 0 Å². The molecular formula is C16H25N3O2. The van der Waals surface area contributed by atoms with Crippen molar-refractivity contribution in [1.82, 2.24) is 5.32 Å². The normalized spacial score (nSPS) is 13.6. The van der Waals surface area contributed by atoms with Crippen LogP contribution in [0, 0.1) is 5.92 Å². The Hall–Kier alpha value is -1.88. The summed E-state index contributed by atoms with van der Waals surface area (Å²) in [5.41, 5.74) is 6.44. The molecule has 1 aromatic rings. The molecule has 0 aromatic heterocycles. The van der Waals surface area contributed by atoms with Gasteiger partial charge in [0.05, 0.1) is 5.54 Å². The molecule has 5 nitrogen and oxygen atoms in total. The summed E-state index contributed by atoms with van der Waals surface area (Å²) in [5, 5.41) is 5.72. The van der Waals surface area contributed by atoms with Crippen LogP contribution in [0.3, 0.4) is 0 Å². The van der Waals surface area contributed by atoms with Crippen LogP contribution in [0.5, 0.6) is 0 Å². The Morgan fingerprint density at radius 2 is 2.00 bits per heavy atom. The van der Waals surface area contributed by atoms with Crippen molar-refractivity contribution in [3.05, 3.63) is 29.8 Å². The molecule has 1 atom stereocenters. The standard InChI is InChI=1S/C16H25N3O2/c1-5-14(20)18-13-8-6-7-12(9-13)15(21)19-16(4,10-17)11(2)3/h6-9,11H,5,10,17H2,1-4H3,(H,18,20)(H,19,21). The van der Waals surface area contributed by atoms with Gasteiger partial charge >= 0.3 is 0 Å². The number of amides is 2. The fourth-order valence-corrected chi connectivity index (χ4v) is 1.75. The molecule has 2 amide bonds. The minimum atomic E-state index is -0.459. The molecule has 0 saturated heterocycles. The summed E-state index contributed by atoms with van der Waals surface area (Å²) in [6, 6.07) is 6.89. The SMILES string of the molecule is CCC(=O)Nc1cccc(C(=O)NC(C)(CN)C(C)C)c1. The molecule has 0 aliphatic carbocycles. The molecule has 0 bridgehead atoms. The van der Waals surface area contributed by atoms with E-state index in [4.69, 9.17) is 5.73 Å². The molecule has 0 aliphatic rings. The summed E-state index contributed by atoms with van der Waals surface area (Å²) in [5.74, 6) is -0.0554. The molecule has 0 heterocycles. The van der Waals surface area contributed by atoms with Crippen LogP contribution in [0.25, 0.3) is 0 Å². The second-order valence-corrected chi connectivity index (χ2v) is 5.71. The number of nitrogens with two attached hydrogens (primary N) is 1. The zero-order valence-corrected chi connectivity index (χ0v) is 13.2. The van der Waals surface area contributed by atoms with Gasteiger partial charge in [-0.1, -0.05) is 26.8 Å². The Morgan fingerprint density at radius 3 is 2.52 bits per heavy atom. The number of benzene rings is 1. The van der Waals surface area contributed by atoms with Crippen molar-refractivity contribution >= 4 is 17.5 Å². The van der Waals surface area contributed by atoms with Gasteiger partial charge in [0.25, 0.3) is 5.91 Å². The van der Waals surface area contributed by atoms with E-state index in [0.717, 1.165) is 0 Å². The maximum absolute atomic E-state index is 12.4. The monoisotopic (exact) mass is 291 g/mol. The lowest BCUT2D eigenvalue weighted by atomic mass is 9.88. The van der Waals surface area contributed by atoms with E-state index < -0.39 is 5.54 Å². The predicted molar refractivity (Wildman–Crippen MR) is 85.1 cm³/mol. The Kier molecular flexibility index (Phi) is 5.90. The number of carbonyl (C=O) groups is 2. The van der Waals surface area contributed by atoms with E-state index in [2.05, 4.69) is 10.6 Å². The minimum Gasteiger partial charge on any atom is -0.345 e. The molecule has 116 valence electrons. The smallest absolute Gasteiger partial charge is 0.251 e. The molecule has 0 saturated carbocycles. The maximum atomic E-state index is 12.4. The van der Waals surface area contributed by atoms with Gasteiger partial charge in [0.15, 0.2) is 0 Å². The number of rotatable bonds is 6. The van der Waals surface area contributed by atoms with Crippen LogP contribution in [0.1, 0.15) is 44.5 Å². The second kappa shape index (κ2) is 7.22. The Labute approximate surface area is 126 Å². The third kappa shape index (κ3) is 4.56. The lowest BCUT2D eigenvalue weighted by molar-refractivity contribution is -0.115. The first-order valence-electron chi connectivity index (χ1n) is 7.25. The van der Waals surface area contributed by atoms with Crippen molar-refractivity contribution < 1.29 is 9.59 Å². The van der Waals surface area contributed by atoms with Crippen molar-refractivity contribution in [3.63, 3.8) is 0 Å². The lowest BCUT2D eigenvalue weighted by Crippen LogP contribution is -2.55. The van der Waals surface area contributed by atoms with Gasteiger partial charge < -0.3 is 16.4 Å². The Bertz CT molecular complexity index is 514. The first-order valence-corrected chi connectivity index (χ1v) is 7.25. The topological polar surface area (TPSA) is 84.2 Å². The third-order valence-corrected chi connectivity index (χ3v) is 3.83. The average molecular weight is 291 g/mol. The number of carbonyl (C=O) groups excluding carboxylic acids is 2. The highest BCUT2D eigenvalue weighted by Gasteiger charge is 2.28. The third-order valence-electron chi connectivity index (χ3n) is 3.83. The number of hydrogen-bond donors (Lipinski definition) is 3. The first kappa shape index (κ1) is 17.2. The molecule has 0 aliphatic heterocycles. The van der Waals surface area contributed by atoms with Gasteiger partial charge in [0.1, 0.15) is 0 Å². The fraction of sp³-hybridized carbons (Fsp3) is 0.500. The van der Waals surface area contributed by atoms with Gasteiger partial charge in [-0.25, -0.2) is 0 Å². The molecule has 21 heavy (non-hydrogen) atoms. The molecule has 4 N–H and O–H groups in total. The summed E-state index contributed by atoms with van der Waals surface area (Å²) in [7, 11) is 0. The van der Waals surface area contributed by atoms with Crippen LogP contribution < -0.4 is 16.4 Å². The number of hydrogen-bond acceptors (Lipinski definition) is 3. The van der Waals surface area contributed by atoms with Crippen molar-refractivity contribution in [2.45, 2.75) is 39.7 Å². The highest BCUT2D eigenvalue weighted by molar-refractivity contribution is 5.97. The van der Waals surface area contributed by atoms with Gasteiger partial charge in [0, 0.05) is 24.2 Å². The summed E-state index contributed by atoms with van der Waals surface area (Å²) >= 11 is 0. The second-order valence-electron chi connectivity index (χ2n) is 5.71. The van der Waals surface area contributed by atoms with Crippen molar-refractivity contribution in [1.29, 1.82) is 0 Å². The van der Waals surface area contributed by atoms with E-state index in [1.807, 2.05) is 20.8 Å². The molecule has 1 aromatic carbocycles. The highest BCUT2D eigenvalue weighted by Crippen LogP contribution is 2.17. The quantitative estimate of drug-likeness (QED) is 0.750. The molecule has 1 unspecified atom stereocenters. The summed E-state index contributed by atoms with van der Waals surface area (Å²) < 4.78 is 0. The van der Waals surface area contributed by atoms with Crippen LogP contribution in [0.15, 0.2) is 24.3 Å². The largest absolute Gasteiger partial charge is 0.345 e. The Morgan fingerprint density at radius 1 is 1.33 bits per heavy atom. The van der Waals surface area contributed by atoms with E-state index in [9.17, 15) is 9.59 Å². The number of anilines is 1. The van der Waals surface area contributed by atoms with Crippen molar-refractivity contribution in [2.75, 3.05) is 11.9 Å². The molecule has 0 spiro atoms. The van der Waals surface area contributed by atoms with Crippen LogP contribution in [-0.4, -0.2) is 23.9 Å². The van der Waals surface area contributed by atoms with E-state index in [1.54, 1.807) is 31.2 Å². The molecular weight excluding hydrogens is 266 g/mol. The van der Waals surface area contributed by atoms with Crippen LogP contribution >= 0.6 is 0 Å². The van der Waals surface area contributed by atoms with Crippen LogP contribution in [0.2, 0.25) is 0 Å². The minimum absolute atomic E-state index is 0.0819. The summed E-state index contributed by atoms with van der Waals surface area (Å²) in [4.78, 5) is 23.8. The zero-order valence-electron chi connectivity index (χ0n) is 13.2. The van der Waals surface area contributed by atoms with E-state index in [0.29, 0.717) is 24.2 Å².